The lowest BCUT2D eigenvalue weighted by atomic mass is 10.00. The number of para-hydroxylation sites is 1. The first-order chi connectivity index (χ1) is 18.4. The van der Waals surface area contributed by atoms with Gasteiger partial charge in [-0.1, -0.05) is 83.9 Å². The number of carbonyl (C=O) groups excluding carboxylic acids is 1. The lowest BCUT2D eigenvalue weighted by Gasteiger charge is -2.14. The Bertz CT molecular complexity index is 1570. The van der Waals surface area contributed by atoms with Crippen LogP contribution >= 0.6 is 23.2 Å². The van der Waals surface area contributed by atoms with Crippen LogP contribution in [0.15, 0.2) is 108 Å². The number of halogens is 2. The average Bonchev–Trinajstić information content (AvgIpc) is 3.25. The van der Waals surface area contributed by atoms with E-state index in [-0.39, 0.29) is 23.1 Å². The van der Waals surface area contributed by atoms with Crippen LogP contribution in [0.1, 0.15) is 27.0 Å². The molecule has 0 aromatic heterocycles. The van der Waals surface area contributed by atoms with Crippen molar-refractivity contribution in [3.63, 3.8) is 0 Å². The minimum absolute atomic E-state index is 0.126. The fourth-order valence-electron chi connectivity index (χ4n) is 3.99. The van der Waals surface area contributed by atoms with E-state index in [0.29, 0.717) is 33.3 Å². The molecule has 6 nitrogen and oxygen atoms in total. The number of rotatable bonds is 7. The summed E-state index contributed by atoms with van der Waals surface area (Å²) < 4.78 is 6.06. The van der Waals surface area contributed by atoms with E-state index in [0.717, 1.165) is 11.1 Å². The fourth-order valence-corrected chi connectivity index (χ4v) is 4.56. The Hall–Kier alpha value is -4.39. The van der Waals surface area contributed by atoms with Gasteiger partial charge in [-0.05, 0) is 48.0 Å². The highest BCUT2D eigenvalue weighted by atomic mass is 35.5. The Labute approximate surface area is 229 Å². The second-order valence-corrected chi connectivity index (χ2v) is 9.27. The molecule has 5 rings (SSSR count). The molecule has 0 bridgehead atoms. The minimum Gasteiger partial charge on any atom is -0.487 e. The van der Waals surface area contributed by atoms with Crippen molar-refractivity contribution in [3.05, 3.63) is 135 Å². The summed E-state index contributed by atoms with van der Waals surface area (Å²) in [4.78, 5) is 24.8. The van der Waals surface area contributed by atoms with Gasteiger partial charge in [0.05, 0.1) is 21.8 Å². The lowest BCUT2D eigenvalue weighted by Crippen LogP contribution is -2.21. The number of aromatic carboxylic acids is 1. The van der Waals surface area contributed by atoms with Crippen molar-refractivity contribution in [2.45, 2.75) is 6.61 Å². The molecule has 0 unspecified atom stereocenters. The average molecular weight is 543 g/mol. The Morgan fingerprint density at radius 3 is 2.24 bits per heavy atom. The van der Waals surface area contributed by atoms with E-state index in [1.807, 2.05) is 60.7 Å². The van der Waals surface area contributed by atoms with Gasteiger partial charge in [0.1, 0.15) is 18.1 Å². The van der Waals surface area contributed by atoms with E-state index in [1.54, 1.807) is 30.3 Å². The van der Waals surface area contributed by atoms with Gasteiger partial charge in [-0.15, -0.1) is 0 Å². The van der Waals surface area contributed by atoms with Crippen LogP contribution in [0.2, 0.25) is 10.0 Å². The zero-order chi connectivity index (χ0) is 26.6. The van der Waals surface area contributed by atoms with Crippen molar-refractivity contribution in [2.75, 3.05) is 5.01 Å². The maximum absolute atomic E-state index is 13.6. The molecule has 0 spiro atoms. The second-order valence-electron chi connectivity index (χ2n) is 8.42. The Morgan fingerprint density at radius 1 is 0.921 bits per heavy atom. The highest BCUT2D eigenvalue weighted by molar-refractivity contribution is 6.38. The van der Waals surface area contributed by atoms with Crippen molar-refractivity contribution in [2.24, 2.45) is 5.10 Å². The quantitative estimate of drug-likeness (QED) is 0.252. The van der Waals surface area contributed by atoms with Gasteiger partial charge in [-0.25, -0.2) is 4.79 Å². The van der Waals surface area contributed by atoms with Crippen LogP contribution in [0.25, 0.3) is 6.08 Å². The van der Waals surface area contributed by atoms with Crippen LogP contribution in [0.5, 0.6) is 5.75 Å². The molecule has 0 fully saturated rings. The van der Waals surface area contributed by atoms with Gasteiger partial charge in [0, 0.05) is 16.1 Å². The van der Waals surface area contributed by atoms with Gasteiger partial charge in [-0.3, -0.25) is 4.79 Å². The summed E-state index contributed by atoms with van der Waals surface area (Å²) in [6.45, 7) is 0.126. The molecule has 0 aliphatic carbocycles. The molecule has 1 aliphatic rings. The zero-order valence-electron chi connectivity index (χ0n) is 19.8. The van der Waals surface area contributed by atoms with E-state index in [1.165, 1.54) is 17.1 Å². The molecule has 0 atom stereocenters. The number of carboxylic acids is 1. The van der Waals surface area contributed by atoms with E-state index in [2.05, 4.69) is 5.10 Å². The van der Waals surface area contributed by atoms with Gasteiger partial charge in [0.25, 0.3) is 5.91 Å². The third kappa shape index (κ3) is 5.32. The fraction of sp³-hybridized carbons (Fsp3) is 0.0333. The number of hydrazone groups is 1. The van der Waals surface area contributed by atoms with Crippen molar-refractivity contribution < 1.29 is 19.4 Å². The smallest absolute Gasteiger partial charge is 0.335 e. The first kappa shape index (κ1) is 25.3. The van der Waals surface area contributed by atoms with Gasteiger partial charge < -0.3 is 9.84 Å². The normalized spacial score (nSPS) is 14.1. The topological polar surface area (TPSA) is 79.2 Å². The molecular formula is C30H20Cl2N2O4. The number of benzene rings is 4. The van der Waals surface area contributed by atoms with Crippen LogP contribution in [-0.4, -0.2) is 22.7 Å². The summed E-state index contributed by atoms with van der Waals surface area (Å²) in [5.41, 5.74) is 3.71. The molecular weight excluding hydrogens is 523 g/mol. The molecule has 0 radical (unpaired) electrons. The van der Waals surface area contributed by atoms with Crippen molar-refractivity contribution in [1.82, 2.24) is 0 Å². The summed E-state index contributed by atoms with van der Waals surface area (Å²) in [6, 6.07) is 28.2. The van der Waals surface area contributed by atoms with Crippen LogP contribution in [0.4, 0.5) is 5.69 Å². The van der Waals surface area contributed by atoms with E-state index in [9.17, 15) is 9.59 Å². The SMILES string of the molecule is O=C(O)c1ccc(COc2c(Cl)cc(Cl)cc2/C=C2\C(=O)N(c3ccccc3)N=C2c2ccccc2)cc1. The van der Waals surface area contributed by atoms with Crippen LogP contribution in [0.3, 0.4) is 0 Å². The molecule has 1 N–H and O–H groups in total. The van der Waals surface area contributed by atoms with Crippen molar-refractivity contribution >= 4 is 52.6 Å². The van der Waals surface area contributed by atoms with Crippen molar-refractivity contribution in [1.29, 1.82) is 0 Å². The lowest BCUT2D eigenvalue weighted by molar-refractivity contribution is -0.114. The number of carboxylic acid groups (broad SMARTS) is 1. The van der Waals surface area contributed by atoms with Crippen molar-refractivity contribution in [3.8, 4) is 5.75 Å². The predicted octanol–water partition coefficient (Wildman–Crippen LogP) is 7.11. The summed E-state index contributed by atoms with van der Waals surface area (Å²) in [6.07, 6.45) is 1.68. The number of ether oxygens (including phenoxy) is 1. The van der Waals surface area contributed by atoms with E-state index in [4.69, 9.17) is 33.0 Å². The molecule has 0 saturated heterocycles. The maximum atomic E-state index is 13.6. The Morgan fingerprint density at radius 2 is 1.58 bits per heavy atom. The van der Waals surface area contributed by atoms with Crippen LogP contribution in [0, 0.1) is 0 Å². The number of amides is 1. The third-order valence-electron chi connectivity index (χ3n) is 5.85. The van der Waals surface area contributed by atoms with Crippen LogP contribution < -0.4 is 9.75 Å². The largest absolute Gasteiger partial charge is 0.487 e. The highest BCUT2D eigenvalue weighted by Gasteiger charge is 2.32. The molecule has 8 heteroatoms. The van der Waals surface area contributed by atoms with Gasteiger partial charge in [0.15, 0.2) is 0 Å². The molecule has 38 heavy (non-hydrogen) atoms. The first-order valence-electron chi connectivity index (χ1n) is 11.6. The van der Waals surface area contributed by atoms with E-state index >= 15 is 0 Å². The van der Waals surface area contributed by atoms with E-state index < -0.39 is 5.97 Å². The summed E-state index contributed by atoms with van der Waals surface area (Å²) in [5.74, 6) is -0.973. The minimum atomic E-state index is -1.01. The second kappa shape index (κ2) is 10.9. The highest BCUT2D eigenvalue weighted by Crippen LogP contribution is 2.36. The molecule has 4 aromatic rings. The number of anilines is 1. The van der Waals surface area contributed by atoms with Gasteiger partial charge in [-0.2, -0.15) is 10.1 Å². The third-order valence-corrected chi connectivity index (χ3v) is 6.35. The maximum Gasteiger partial charge on any atom is 0.335 e. The number of nitrogens with zero attached hydrogens (tertiary/aromatic N) is 2. The predicted molar refractivity (Wildman–Crippen MR) is 149 cm³/mol. The first-order valence-corrected chi connectivity index (χ1v) is 12.4. The molecule has 0 saturated carbocycles. The number of carbonyl (C=O) groups is 2. The monoisotopic (exact) mass is 542 g/mol. The molecule has 4 aromatic carbocycles. The van der Waals surface area contributed by atoms with Gasteiger partial charge >= 0.3 is 5.97 Å². The number of hydrogen-bond donors (Lipinski definition) is 1. The standard InChI is InChI=1S/C30H20Cl2N2O4/c31-23-15-22(28(26(32)17-23)38-18-19-11-13-21(14-12-19)30(36)37)16-25-27(20-7-3-1-4-8-20)33-34(29(25)35)24-9-5-2-6-10-24/h1-17H,18H2,(H,36,37)/b25-16-. The van der Waals surface area contributed by atoms with Crippen LogP contribution in [-0.2, 0) is 11.4 Å². The molecule has 1 aliphatic heterocycles. The zero-order valence-corrected chi connectivity index (χ0v) is 21.4. The number of hydrogen-bond acceptors (Lipinski definition) is 4. The summed E-state index contributed by atoms with van der Waals surface area (Å²) in [5, 5.41) is 15.8. The van der Waals surface area contributed by atoms with Gasteiger partial charge in [0.2, 0.25) is 0 Å². The summed E-state index contributed by atoms with van der Waals surface area (Å²) in [7, 11) is 0. The molecule has 1 amide bonds. The molecule has 188 valence electrons. The Balaban J connectivity index is 1.54. The summed E-state index contributed by atoms with van der Waals surface area (Å²) >= 11 is 12.9. The molecule has 1 heterocycles. The Kier molecular flexibility index (Phi) is 7.26.